The molecule has 31 heavy (non-hydrogen) atoms. The number of phenols is 1. The number of phenolic OH excluding ortho intramolecular Hbond substituents is 1. The van der Waals surface area contributed by atoms with Crippen LogP contribution >= 0.6 is 22.6 Å². The lowest BCUT2D eigenvalue weighted by molar-refractivity contribution is 0.0591. The van der Waals surface area contributed by atoms with E-state index in [1.807, 2.05) is 22.6 Å². The molecule has 0 heterocycles. The van der Waals surface area contributed by atoms with Gasteiger partial charge in [0.1, 0.15) is 23.6 Å². The summed E-state index contributed by atoms with van der Waals surface area (Å²) in [5.41, 5.74) is 2.06. The minimum Gasteiger partial charge on any atom is -0.505 e. The minimum atomic E-state index is -0.528. The Labute approximate surface area is 193 Å². The number of nitrogens with zero attached hydrogens (tertiary/aromatic N) is 2. The second-order valence-corrected chi connectivity index (χ2v) is 7.64. The molecule has 9 heteroatoms. The number of methoxy groups -OCH3 is 3. The molecule has 0 aromatic heterocycles. The van der Waals surface area contributed by atoms with Gasteiger partial charge in [0, 0.05) is 0 Å². The number of aromatic hydroxyl groups is 1. The van der Waals surface area contributed by atoms with Crippen LogP contribution in [0.2, 0.25) is 0 Å². The molecule has 1 saturated carbocycles. The average Bonchev–Trinajstić information content (AvgIpc) is 3.64. The van der Waals surface area contributed by atoms with E-state index in [1.165, 1.54) is 32.4 Å². The Morgan fingerprint density at radius 2 is 1.48 bits per heavy atom. The zero-order valence-corrected chi connectivity index (χ0v) is 19.2. The Bertz CT molecular complexity index is 1100. The largest absolute Gasteiger partial charge is 0.505 e. The number of rotatable bonds is 4. The molecule has 3 rings (SSSR count). The van der Waals surface area contributed by atoms with E-state index in [0.717, 1.165) is 18.4 Å². The molecule has 0 atom stereocenters. The Kier molecular flexibility index (Phi) is 8.22. The molecular formula is C22H19IN2O6. The molecule has 0 spiro atoms. The molecule has 0 saturated heterocycles. The Morgan fingerprint density at radius 3 is 1.94 bits per heavy atom. The topological polar surface area (TPSA) is 130 Å². The summed E-state index contributed by atoms with van der Waals surface area (Å²) in [4.78, 5) is 22.6. The molecule has 8 nitrogen and oxygen atoms in total. The van der Waals surface area contributed by atoms with Gasteiger partial charge in [-0.2, -0.15) is 10.5 Å². The normalized spacial score (nSPS) is 11.8. The van der Waals surface area contributed by atoms with E-state index < -0.39 is 11.9 Å². The fourth-order valence-corrected chi connectivity index (χ4v) is 3.44. The maximum Gasteiger partial charge on any atom is 0.337 e. The average molecular weight is 534 g/mol. The van der Waals surface area contributed by atoms with Crippen molar-refractivity contribution in [3.05, 3.63) is 55.7 Å². The van der Waals surface area contributed by atoms with Gasteiger partial charge in [-0.05, 0) is 71.2 Å². The van der Waals surface area contributed by atoms with Crippen LogP contribution in [0.5, 0.6) is 11.5 Å². The van der Waals surface area contributed by atoms with Gasteiger partial charge in [-0.1, -0.05) is 0 Å². The van der Waals surface area contributed by atoms with E-state index in [2.05, 4.69) is 15.5 Å². The number of esters is 2. The maximum atomic E-state index is 11.5. The predicted octanol–water partition coefficient (Wildman–Crippen LogP) is 3.89. The smallest absolute Gasteiger partial charge is 0.337 e. The van der Waals surface area contributed by atoms with Gasteiger partial charge in [0.15, 0.2) is 0 Å². The fourth-order valence-electron chi connectivity index (χ4n) is 2.82. The molecule has 1 aliphatic carbocycles. The number of nitriles is 2. The quantitative estimate of drug-likeness (QED) is 0.462. The Hall–Kier alpha value is -3.31. The van der Waals surface area contributed by atoms with Gasteiger partial charge < -0.3 is 19.3 Å². The van der Waals surface area contributed by atoms with E-state index in [-0.39, 0.29) is 16.9 Å². The second-order valence-electron chi connectivity index (χ2n) is 6.48. The highest BCUT2D eigenvalue weighted by atomic mass is 127. The molecular weight excluding hydrogens is 515 g/mol. The third kappa shape index (κ3) is 5.64. The molecule has 2 aromatic carbocycles. The minimum absolute atomic E-state index is 0.0669. The third-order valence-electron chi connectivity index (χ3n) is 4.49. The highest BCUT2D eigenvalue weighted by Crippen LogP contribution is 2.45. The van der Waals surface area contributed by atoms with Crippen LogP contribution in [0.4, 0.5) is 0 Å². The van der Waals surface area contributed by atoms with Crippen molar-refractivity contribution >= 4 is 34.5 Å². The zero-order valence-electron chi connectivity index (χ0n) is 17.1. The van der Waals surface area contributed by atoms with Crippen LogP contribution in [0.3, 0.4) is 0 Å². The van der Waals surface area contributed by atoms with E-state index >= 15 is 0 Å². The molecule has 160 valence electrons. The predicted molar refractivity (Wildman–Crippen MR) is 118 cm³/mol. The lowest BCUT2D eigenvalue weighted by atomic mass is 10.0. The number of hydrogen-bond donors (Lipinski definition) is 1. The van der Waals surface area contributed by atoms with Gasteiger partial charge in [-0.25, -0.2) is 9.59 Å². The first kappa shape index (κ1) is 24.0. The van der Waals surface area contributed by atoms with Crippen LogP contribution < -0.4 is 4.74 Å². The molecule has 0 bridgehead atoms. The molecule has 1 N–H and O–H groups in total. The first-order valence-corrected chi connectivity index (χ1v) is 10.1. The first-order valence-electron chi connectivity index (χ1n) is 9.02. The maximum absolute atomic E-state index is 11.5. The first-order chi connectivity index (χ1) is 14.8. The summed E-state index contributed by atoms with van der Waals surface area (Å²) >= 11 is 1.84. The number of carbonyl (C=O) groups excluding carboxylic acids is 2. The van der Waals surface area contributed by atoms with Gasteiger partial charge in [0.05, 0.1) is 47.2 Å². The van der Waals surface area contributed by atoms with Gasteiger partial charge in [-0.3, -0.25) is 0 Å². The molecule has 0 radical (unpaired) electrons. The van der Waals surface area contributed by atoms with Crippen LogP contribution in [-0.2, 0) is 9.47 Å². The molecule has 1 aliphatic rings. The van der Waals surface area contributed by atoms with Crippen LogP contribution in [0.25, 0.3) is 0 Å². The fraction of sp³-hybridized carbons (Fsp3) is 0.273. The summed E-state index contributed by atoms with van der Waals surface area (Å²) in [5, 5.41) is 27.1. The van der Waals surface area contributed by atoms with Gasteiger partial charge in [0.2, 0.25) is 0 Å². The highest BCUT2D eigenvalue weighted by Gasteiger charge is 2.29. The number of benzene rings is 2. The lowest BCUT2D eigenvalue weighted by Crippen LogP contribution is -2.04. The van der Waals surface area contributed by atoms with Crippen molar-refractivity contribution in [2.75, 3.05) is 21.3 Å². The number of ether oxygens (including phenoxy) is 3. The highest BCUT2D eigenvalue weighted by molar-refractivity contribution is 14.1. The number of halogens is 1. The van der Waals surface area contributed by atoms with E-state index in [0.29, 0.717) is 26.4 Å². The number of hydrogen-bond acceptors (Lipinski definition) is 8. The molecule has 1 fully saturated rings. The van der Waals surface area contributed by atoms with Crippen molar-refractivity contribution in [2.24, 2.45) is 0 Å². The number of carbonyl (C=O) groups is 2. The van der Waals surface area contributed by atoms with Crippen LogP contribution in [0.15, 0.2) is 24.3 Å². The van der Waals surface area contributed by atoms with Crippen molar-refractivity contribution < 1.29 is 28.9 Å². The van der Waals surface area contributed by atoms with Crippen LogP contribution in [-0.4, -0.2) is 38.4 Å². The van der Waals surface area contributed by atoms with Crippen molar-refractivity contribution in [1.29, 1.82) is 10.5 Å². The van der Waals surface area contributed by atoms with E-state index in [9.17, 15) is 14.7 Å². The van der Waals surface area contributed by atoms with Gasteiger partial charge in [0.25, 0.3) is 0 Å². The summed E-state index contributed by atoms with van der Waals surface area (Å²) < 4.78 is 14.9. The SMILES string of the molecule is COC(=O)c1cc(C#N)c(OC)c(C2CC2)c1.COC(=O)c1cc(I)c(O)c(C#N)c1. The van der Waals surface area contributed by atoms with E-state index in [4.69, 9.17) is 15.3 Å². The van der Waals surface area contributed by atoms with Gasteiger partial charge >= 0.3 is 11.9 Å². The monoisotopic (exact) mass is 534 g/mol. The van der Waals surface area contributed by atoms with Crippen molar-refractivity contribution in [2.45, 2.75) is 18.8 Å². The molecule has 0 unspecified atom stereocenters. The summed E-state index contributed by atoms with van der Waals surface area (Å²) in [6, 6.07) is 9.88. The van der Waals surface area contributed by atoms with Crippen molar-refractivity contribution in [3.63, 3.8) is 0 Å². The van der Waals surface area contributed by atoms with E-state index in [1.54, 1.807) is 19.2 Å². The van der Waals surface area contributed by atoms with Crippen molar-refractivity contribution in [3.8, 4) is 23.6 Å². The summed E-state index contributed by atoms with van der Waals surface area (Å²) in [6.45, 7) is 0. The standard InChI is InChI=1S/C13H13NO3.C9H6INO3/c1-16-12-10(7-14)5-9(13(15)17-2)6-11(12)8-3-4-8;1-14-9(13)5-2-6(4-11)8(12)7(10)3-5/h5-6,8H,3-4H2,1-2H3;2-3,12H,1H3. The van der Waals surface area contributed by atoms with Crippen molar-refractivity contribution in [1.82, 2.24) is 0 Å². The third-order valence-corrected chi connectivity index (χ3v) is 5.31. The van der Waals surface area contributed by atoms with Crippen LogP contribution in [0.1, 0.15) is 56.2 Å². The second kappa shape index (κ2) is 10.6. The van der Waals surface area contributed by atoms with Crippen LogP contribution in [0, 0.1) is 26.2 Å². The summed E-state index contributed by atoms with van der Waals surface area (Å²) in [6.07, 6.45) is 2.15. The zero-order chi connectivity index (χ0) is 23.1. The molecule has 0 aliphatic heterocycles. The molecule has 0 amide bonds. The lowest BCUT2D eigenvalue weighted by Gasteiger charge is -2.11. The summed E-state index contributed by atoms with van der Waals surface area (Å²) in [7, 11) is 4.13. The molecule has 2 aromatic rings. The summed E-state index contributed by atoms with van der Waals surface area (Å²) in [5.74, 6) is -0.0736. The van der Waals surface area contributed by atoms with Gasteiger partial charge in [-0.15, -0.1) is 0 Å². The Morgan fingerprint density at radius 1 is 0.968 bits per heavy atom. The Balaban J connectivity index is 0.000000225.